The number of rotatable bonds is 11. The summed E-state index contributed by atoms with van der Waals surface area (Å²) in [4.78, 5) is 32.3. The Labute approximate surface area is 277 Å². The Morgan fingerprint density at radius 2 is 1.46 bits per heavy atom. The van der Waals surface area contributed by atoms with E-state index in [0.717, 1.165) is 28.7 Å². The van der Waals surface area contributed by atoms with Crippen LogP contribution in [0, 0.1) is 0 Å². The number of nitrogens with one attached hydrogen (secondary N) is 3. The molecule has 3 amide bonds. The van der Waals surface area contributed by atoms with Gasteiger partial charge in [-0.3, -0.25) is 19.7 Å². The molecule has 1 heterocycles. The summed E-state index contributed by atoms with van der Waals surface area (Å²) in [7, 11) is -1.85. The quantitative estimate of drug-likeness (QED) is 0.134. The van der Waals surface area contributed by atoms with E-state index in [1.807, 2.05) is 36.4 Å². The van der Waals surface area contributed by atoms with E-state index in [0.29, 0.717) is 50.6 Å². The first-order valence-electron chi connectivity index (χ1n) is 14.4. The van der Waals surface area contributed by atoms with E-state index in [-0.39, 0.29) is 11.8 Å². The van der Waals surface area contributed by atoms with E-state index in [1.165, 1.54) is 0 Å². The van der Waals surface area contributed by atoms with Crippen LogP contribution in [0.4, 0.5) is 21.3 Å². The van der Waals surface area contributed by atoms with E-state index in [9.17, 15) is 18.0 Å². The van der Waals surface area contributed by atoms with Gasteiger partial charge < -0.3 is 5.32 Å². The average Bonchev–Trinajstić information content (AvgIpc) is 3.42. The first kappa shape index (κ1) is 32.7. The van der Waals surface area contributed by atoms with Crippen molar-refractivity contribution in [1.82, 2.24) is 10.3 Å². The first-order chi connectivity index (χ1) is 22.1. The number of urea groups is 1. The van der Waals surface area contributed by atoms with Gasteiger partial charge in [-0.05, 0) is 53.9 Å². The maximum Gasteiger partial charge on any atom is 0.328 e. The second-order valence-electron chi connectivity index (χ2n) is 10.5. The van der Waals surface area contributed by atoms with Gasteiger partial charge in [0.15, 0.2) is 5.13 Å². The summed E-state index contributed by atoms with van der Waals surface area (Å²) >= 11 is 7.67. The van der Waals surface area contributed by atoms with Crippen LogP contribution in [0.3, 0.4) is 0 Å². The number of sulfonamides is 1. The monoisotopic (exact) mass is 673 g/mol. The molecule has 5 rings (SSSR count). The minimum absolute atomic E-state index is 0.0314. The van der Waals surface area contributed by atoms with E-state index in [1.54, 1.807) is 60.5 Å². The molecule has 9 nitrogen and oxygen atoms in total. The Morgan fingerprint density at radius 1 is 0.870 bits per heavy atom. The molecule has 0 spiro atoms. The Hall–Kier alpha value is -4.71. The van der Waals surface area contributed by atoms with Gasteiger partial charge in [0.25, 0.3) is 5.91 Å². The van der Waals surface area contributed by atoms with Gasteiger partial charge in [0.05, 0.1) is 6.26 Å². The van der Waals surface area contributed by atoms with Gasteiger partial charge in [-0.1, -0.05) is 95.7 Å². The van der Waals surface area contributed by atoms with E-state index in [4.69, 9.17) is 11.6 Å². The van der Waals surface area contributed by atoms with Crippen molar-refractivity contribution >= 4 is 61.4 Å². The summed E-state index contributed by atoms with van der Waals surface area (Å²) in [5.74, 6) is -0.190. The third-order valence-electron chi connectivity index (χ3n) is 7.22. The molecular weight excluding hydrogens is 642 g/mol. The standard InChI is InChI=1S/C34H32ClN5O4S2/c1-36-32(41)26-15-19-28(20-16-26)40(22-21-29(23-9-5-3-6-10-23)24-11-7-4-8-12-24)34(42)38-33-37-30(31(35)45-33)25-13-17-27(18-14-25)39-46(2,43)44/h3-20,29,39H,21-22H2,1-2H3,(H,36,41)(H,37,38,42). The van der Waals surface area contributed by atoms with Crippen molar-refractivity contribution in [1.29, 1.82) is 0 Å². The van der Waals surface area contributed by atoms with Gasteiger partial charge in [0.1, 0.15) is 10.0 Å². The van der Waals surface area contributed by atoms with Crippen LogP contribution in [-0.2, 0) is 10.0 Å². The number of hydrogen-bond donors (Lipinski definition) is 3. The molecule has 236 valence electrons. The molecular formula is C34H32ClN5O4S2. The lowest BCUT2D eigenvalue weighted by molar-refractivity contribution is 0.0963. The Morgan fingerprint density at radius 3 is 2.00 bits per heavy atom. The van der Waals surface area contributed by atoms with E-state index in [2.05, 4.69) is 44.6 Å². The van der Waals surface area contributed by atoms with Crippen LogP contribution in [0.25, 0.3) is 11.3 Å². The van der Waals surface area contributed by atoms with Gasteiger partial charge in [0.2, 0.25) is 10.0 Å². The van der Waals surface area contributed by atoms with Crippen molar-refractivity contribution in [3.63, 3.8) is 0 Å². The lowest BCUT2D eigenvalue weighted by Crippen LogP contribution is -2.36. The highest BCUT2D eigenvalue weighted by Gasteiger charge is 2.23. The molecule has 0 aliphatic carbocycles. The van der Waals surface area contributed by atoms with Crippen molar-refractivity contribution in [3.05, 3.63) is 130 Å². The zero-order valence-electron chi connectivity index (χ0n) is 25.1. The molecule has 0 fully saturated rings. The molecule has 0 bridgehead atoms. The third kappa shape index (κ3) is 8.30. The number of nitrogens with zero attached hydrogens (tertiary/aromatic N) is 2. The molecule has 0 saturated heterocycles. The SMILES string of the molecule is CNC(=O)c1ccc(N(CCC(c2ccccc2)c2ccccc2)C(=O)Nc2nc(-c3ccc(NS(C)(=O)=O)cc3)c(Cl)s2)cc1. The van der Waals surface area contributed by atoms with Crippen LogP contribution < -0.4 is 20.3 Å². The predicted octanol–water partition coefficient (Wildman–Crippen LogP) is 7.46. The van der Waals surface area contributed by atoms with Gasteiger partial charge in [-0.2, -0.15) is 0 Å². The molecule has 3 N–H and O–H groups in total. The Kier molecular flexibility index (Phi) is 10.4. The Bertz CT molecular complexity index is 1860. The summed E-state index contributed by atoms with van der Waals surface area (Å²) in [6.45, 7) is 0.361. The number of carbonyl (C=O) groups is 2. The van der Waals surface area contributed by atoms with E-state index >= 15 is 0 Å². The lowest BCUT2D eigenvalue weighted by atomic mass is 9.88. The number of benzene rings is 4. The highest BCUT2D eigenvalue weighted by molar-refractivity contribution is 7.92. The number of hydrogen-bond acceptors (Lipinski definition) is 6. The normalized spacial score (nSPS) is 11.2. The number of amides is 3. The van der Waals surface area contributed by atoms with Crippen molar-refractivity contribution in [2.75, 3.05) is 34.8 Å². The molecule has 0 atom stereocenters. The van der Waals surface area contributed by atoms with Crippen LogP contribution >= 0.6 is 22.9 Å². The summed E-state index contributed by atoms with van der Waals surface area (Å²) < 4.78 is 25.9. The maximum atomic E-state index is 13.9. The molecule has 0 unspecified atom stereocenters. The predicted molar refractivity (Wildman–Crippen MR) is 187 cm³/mol. The van der Waals surface area contributed by atoms with Crippen LogP contribution in [-0.4, -0.2) is 45.2 Å². The highest BCUT2D eigenvalue weighted by Crippen LogP contribution is 2.36. The smallest absolute Gasteiger partial charge is 0.328 e. The zero-order chi connectivity index (χ0) is 32.7. The van der Waals surface area contributed by atoms with Crippen molar-refractivity contribution < 1.29 is 18.0 Å². The number of anilines is 3. The van der Waals surface area contributed by atoms with Crippen LogP contribution in [0.1, 0.15) is 33.8 Å². The van der Waals surface area contributed by atoms with Crippen molar-refractivity contribution in [2.24, 2.45) is 0 Å². The zero-order valence-corrected chi connectivity index (χ0v) is 27.5. The van der Waals surface area contributed by atoms with Crippen molar-refractivity contribution in [2.45, 2.75) is 12.3 Å². The summed E-state index contributed by atoms with van der Waals surface area (Å²) in [6.07, 6.45) is 1.70. The van der Waals surface area contributed by atoms with Crippen LogP contribution in [0.15, 0.2) is 109 Å². The number of thiazole rings is 1. The molecule has 5 aromatic rings. The summed E-state index contributed by atoms with van der Waals surface area (Å²) in [6, 6.07) is 33.4. The maximum absolute atomic E-state index is 13.9. The number of aromatic nitrogens is 1. The molecule has 12 heteroatoms. The minimum atomic E-state index is -3.42. The minimum Gasteiger partial charge on any atom is -0.355 e. The van der Waals surface area contributed by atoms with Crippen molar-refractivity contribution in [3.8, 4) is 11.3 Å². The summed E-state index contributed by atoms with van der Waals surface area (Å²) in [5, 5.41) is 5.82. The first-order valence-corrected chi connectivity index (χ1v) is 17.4. The van der Waals surface area contributed by atoms with Gasteiger partial charge in [0, 0.05) is 42.0 Å². The molecule has 1 aromatic heterocycles. The average molecular weight is 674 g/mol. The molecule has 4 aromatic carbocycles. The molecule has 0 aliphatic heterocycles. The topological polar surface area (TPSA) is 120 Å². The fraction of sp³-hybridized carbons (Fsp3) is 0.147. The second-order valence-corrected chi connectivity index (χ2v) is 13.8. The lowest BCUT2D eigenvalue weighted by Gasteiger charge is -2.26. The molecule has 0 saturated carbocycles. The van der Waals surface area contributed by atoms with E-state index < -0.39 is 16.1 Å². The Balaban J connectivity index is 1.41. The second kappa shape index (κ2) is 14.6. The fourth-order valence-corrected chi connectivity index (χ4v) is 6.68. The van der Waals surface area contributed by atoms with Crippen LogP contribution in [0.2, 0.25) is 4.34 Å². The number of carbonyl (C=O) groups excluding carboxylic acids is 2. The summed E-state index contributed by atoms with van der Waals surface area (Å²) in [5.41, 5.74) is 4.90. The largest absolute Gasteiger partial charge is 0.355 e. The van der Waals surface area contributed by atoms with Crippen LogP contribution in [0.5, 0.6) is 0 Å². The molecule has 46 heavy (non-hydrogen) atoms. The third-order valence-corrected chi connectivity index (χ3v) is 9.00. The van der Waals surface area contributed by atoms with Gasteiger partial charge in [-0.25, -0.2) is 18.2 Å². The van der Waals surface area contributed by atoms with Gasteiger partial charge in [-0.15, -0.1) is 0 Å². The molecule has 0 radical (unpaired) electrons. The van der Waals surface area contributed by atoms with Gasteiger partial charge >= 0.3 is 6.03 Å². The number of halogens is 1. The molecule has 0 aliphatic rings. The highest BCUT2D eigenvalue weighted by atomic mass is 35.5. The fourth-order valence-electron chi connectivity index (χ4n) is 5.04.